The fourth-order valence-corrected chi connectivity index (χ4v) is 4.16. The molecule has 4 aromatic rings. The van der Waals surface area contributed by atoms with Gasteiger partial charge in [0.25, 0.3) is 0 Å². The van der Waals surface area contributed by atoms with Crippen molar-refractivity contribution in [1.29, 1.82) is 0 Å². The molecule has 2 aliphatic rings. The molecular weight excluding hydrogens is 440 g/mol. The molecule has 0 amide bonds. The number of rotatable bonds is 3. The molecule has 0 atom stereocenters. The highest BCUT2D eigenvalue weighted by Crippen LogP contribution is 2.24. The standard InChI is InChI=1S/C24H20N6O2.ClH/c31-23-21(26-22(32-23)18-7-3-5-16-4-1-2-6-17(16)18)15-29-10-12-30(13-11-29)24-27-19-8-9-25-14-20(19)28-24;/h1-9,14-15H,10-13H2,(H,27,28);1H/b21-15+;. The van der Waals surface area contributed by atoms with Gasteiger partial charge in [-0.1, -0.05) is 36.4 Å². The number of aromatic nitrogens is 3. The van der Waals surface area contributed by atoms with E-state index in [0.29, 0.717) is 11.6 Å². The summed E-state index contributed by atoms with van der Waals surface area (Å²) in [5.74, 6) is 0.782. The number of aliphatic imine (C=N–C) groups is 1. The van der Waals surface area contributed by atoms with E-state index in [0.717, 1.165) is 59.5 Å². The molecule has 0 bridgehead atoms. The number of ether oxygens (including phenoxy) is 1. The number of benzene rings is 2. The predicted molar refractivity (Wildman–Crippen MR) is 130 cm³/mol. The molecule has 9 heteroatoms. The number of carbonyl (C=O) groups is 1. The highest BCUT2D eigenvalue weighted by atomic mass is 35.5. The smallest absolute Gasteiger partial charge is 0.365 e. The van der Waals surface area contributed by atoms with Crippen molar-refractivity contribution in [3.05, 3.63) is 78.4 Å². The molecule has 6 rings (SSSR count). The quantitative estimate of drug-likeness (QED) is 0.372. The van der Waals surface area contributed by atoms with Crippen LogP contribution in [0.1, 0.15) is 5.56 Å². The lowest BCUT2D eigenvalue weighted by atomic mass is 10.0. The Bertz CT molecular complexity index is 1370. The number of fused-ring (bicyclic) bond motifs is 2. The van der Waals surface area contributed by atoms with Crippen LogP contribution < -0.4 is 4.90 Å². The van der Waals surface area contributed by atoms with Crippen LogP contribution in [0.2, 0.25) is 0 Å². The molecule has 2 aromatic carbocycles. The fraction of sp³-hybridized carbons (Fsp3) is 0.167. The second-order valence-corrected chi connectivity index (χ2v) is 7.82. The molecule has 1 N–H and O–H groups in total. The number of hydrogen-bond donors (Lipinski definition) is 1. The van der Waals surface area contributed by atoms with Crippen molar-refractivity contribution >= 4 is 52.0 Å². The van der Waals surface area contributed by atoms with Gasteiger partial charge >= 0.3 is 5.97 Å². The van der Waals surface area contributed by atoms with E-state index in [1.807, 2.05) is 48.5 Å². The maximum atomic E-state index is 12.5. The maximum Gasteiger partial charge on any atom is 0.365 e. The minimum atomic E-state index is -0.417. The maximum absolute atomic E-state index is 12.5. The molecule has 33 heavy (non-hydrogen) atoms. The Hall–Kier alpha value is -3.91. The van der Waals surface area contributed by atoms with E-state index in [1.165, 1.54) is 0 Å². The Balaban J connectivity index is 0.00000228. The van der Waals surface area contributed by atoms with Gasteiger partial charge in [-0.3, -0.25) is 4.98 Å². The normalized spacial score (nSPS) is 17.4. The number of aromatic amines is 1. The van der Waals surface area contributed by atoms with E-state index in [1.54, 1.807) is 18.6 Å². The van der Waals surface area contributed by atoms with Gasteiger partial charge in [0.2, 0.25) is 11.8 Å². The third kappa shape index (κ3) is 3.89. The number of nitrogens with zero attached hydrogens (tertiary/aromatic N) is 5. The summed E-state index contributed by atoms with van der Waals surface area (Å²) in [5, 5.41) is 2.09. The second kappa shape index (κ2) is 8.55. The Kier molecular flexibility index (Phi) is 5.43. The molecule has 166 valence electrons. The molecule has 4 heterocycles. The zero-order valence-electron chi connectivity index (χ0n) is 17.6. The third-order valence-electron chi connectivity index (χ3n) is 5.83. The summed E-state index contributed by atoms with van der Waals surface area (Å²) in [6.45, 7) is 3.08. The first-order chi connectivity index (χ1) is 15.7. The van der Waals surface area contributed by atoms with Crippen molar-refractivity contribution in [3.63, 3.8) is 0 Å². The average molecular weight is 461 g/mol. The van der Waals surface area contributed by atoms with Gasteiger partial charge < -0.3 is 19.5 Å². The van der Waals surface area contributed by atoms with Crippen molar-refractivity contribution in [3.8, 4) is 0 Å². The number of nitrogens with one attached hydrogen (secondary N) is 1. The van der Waals surface area contributed by atoms with Gasteiger partial charge in [-0.05, 0) is 22.9 Å². The van der Waals surface area contributed by atoms with Gasteiger partial charge in [0, 0.05) is 44.1 Å². The number of cyclic esters (lactones) is 1. The molecule has 1 saturated heterocycles. The van der Waals surface area contributed by atoms with Crippen molar-refractivity contribution in [1.82, 2.24) is 19.9 Å². The molecule has 0 saturated carbocycles. The number of H-pyrrole nitrogens is 1. The lowest BCUT2D eigenvalue weighted by Crippen LogP contribution is -2.44. The summed E-state index contributed by atoms with van der Waals surface area (Å²) in [6.07, 6.45) is 5.33. The number of piperazine rings is 1. The van der Waals surface area contributed by atoms with E-state index in [9.17, 15) is 4.79 Å². The zero-order valence-corrected chi connectivity index (χ0v) is 18.5. The molecule has 0 spiro atoms. The van der Waals surface area contributed by atoms with E-state index in [4.69, 9.17) is 4.74 Å². The van der Waals surface area contributed by atoms with Gasteiger partial charge in [0.15, 0.2) is 5.70 Å². The number of carbonyl (C=O) groups excluding carboxylic acids is 1. The number of pyridine rings is 1. The summed E-state index contributed by atoms with van der Waals surface area (Å²) >= 11 is 0. The van der Waals surface area contributed by atoms with Crippen molar-refractivity contribution in [2.75, 3.05) is 31.1 Å². The van der Waals surface area contributed by atoms with Crippen LogP contribution in [0.3, 0.4) is 0 Å². The van der Waals surface area contributed by atoms with Crippen LogP contribution in [0.4, 0.5) is 5.95 Å². The molecule has 0 radical (unpaired) electrons. The number of halogens is 1. The summed E-state index contributed by atoms with van der Waals surface area (Å²) in [5.41, 5.74) is 2.99. The predicted octanol–water partition coefficient (Wildman–Crippen LogP) is 3.50. The topological polar surface area (TPSA) is 86.7 Å². The van der Waals surface area contributed by atoms with Crippen LogP contribution in [0.25, 0.3) is 21.8 Å². The largest absolute Gasteiger partial charge is 0.402 e. The van der Waals surface area contributed by atoms with Crippen molar-refractivity contribution in [2.24, 2.45) is 4.99 Å². The monoisotopic (exact) mass is 460 g/mol. The van der Waals surface area contributed by atoms with Crippen LogP contribution in [0.5, 0.6) is 0 Å². The highest BCUT2D eigenvalue weighted by Gasteiger charge is 2.27. The molecule has 2 aliphatic heterocycles. The number of hydrogen-bond acceptors (Lipinski definition) is 7. The molecule has 0 aliphatic carbocycles. The van der Waals surface area contributed by atoms with Gasteiger partial charge in [-0.2, -0.15) is 0 Å². The van der Waals surface area contributed by atoms with Crippen LogP contribution in [0, 0.1) is 0 Å². The van der Waals surface area contributed by atoms with E-state index >= 15 is 0 Å². The van der Waals surface area contributed by atoms with Crippen LogP contribution in [0.15, 0.2) is 77.8 Å². The Morgan fingerprint density at radius 3 is 2.67 bits per heavy atom. The Morgan fingerprint density at radius 2 is 1.82 bits per heavy atom. The Morgan fingerprint density at radius 1 is 1.00 bits per heavy atom. The minimum Gasteiger partial charge on any atom is -0.402 e. The zero-order chi connectivity index (χ0) is 21.5. The molecule has 2 aromatic heterocycles. The number of anilines is 1. The number of imidazole rings is 1. The first-order valence-corrected chi connectivity index (χ1v) is 10.5. The summed E-state index contributed by atoms with van der Waals surface area (Å²) in [6, 6.07) is 15.8. The Labute approximate surface area is 196 Å². The lowest BCUT2D eigenvalue weighted by molar-refractivity contribution is -0.130. The third-order valence-corrected chi connectivity index (χ3v) is 5.83. The van der Waals surface area contributed by atoms with Crippen LogP contribution in [-0.2, 0) is 9.53 Å². The van der Waals surface area contributed by atoms with E-state index in [-0.39, 0.29) is 12.4 Å². The molecule has 1 fully saturated rings. The summed E-state index contributed by atoms with van der Waals surface area (Å²) in [4.78, 5) is 33.4. The highest BCUT2D eigenvalue weighted by molar-refractivity contribution is 6.16. The van der Waals surface area contributed by atoms with Crippen LogP contribution in [-0.4, -0.2) is 57.9 Å². The lowest BCUT2D eigenvalue weighted by Gasteiger charge is -2.33. The molecule has 8 nitrogen and oxygen atoms in total. The van der Waals surface area contributed by atoms with E-state index in [2.05, 4.69) is 29.7 Å². The van der Waals surface area contributed by atoms with Gasteiger partial charge in [0.05, 0.1) is 17.2 Å². The summed E-state index contributed by atoms with van der Waals surface area (Å²) < 4.78 is 5.52. The molecule has 0 unspecified atom stereocenters. The van der Waals surface area contributed by atoms with Gasteiger partial charge in [0.1, 0.15) is 0 Å². The first-order valence-electron chi connectivity index (χ1n) is 10.5. The van der Waals surface area contributed by atoms with Gasteiger partial charge in [-0.25, -0.2) is 14.8 Å². The number of esters is 1. The minimum absolute atomic E-state index is 0. The second-order valence-electron chi connectivity index (χ2n) is 7.82. The van der Waals surface area contributed by atoms with Crippen molar-refractivity contribution in [2.45, 2.75) is 0 Å². The SMILES string of the molecule is Cl.O=C1OC(c2cccc3ccccc23)=N/C1=C/N1CCN(c2nc3ccncc3[nH]2)CC1. The van der Waals surface area contributed by atoms with Gasteiger partial charge in [-0.15, -0.1) is 12.4 Å². The van der Waals surface area contributed by atoms with Crippen molar-refractivity contribution < 1.29 is 9.53 Å². The molecular formula is C24H21ClN6O2. The van der Waals surface area contributed by atoms with Crippen LogP contribution >= 0.6 is 12.4 Å². The van der Waals surface area contributed by atoms with E-state index < -0.39 is 5.97 Å². The fourth-order valence-electron chi connectivity index (χ4n) is 4.16. The average Bonchev–Trinajstić information content (AvgIpc) is 3.43. The first kappa shape index (κ1) is 21.0. The summed E-state index contributed by atoms with van der Waals surface area (Å²) in [7, 11) is 0.